The van der Waals surface area contributed by atoms with Crippen LogP contribution in [0.2, 0.25) is 0 Å². The van der Waals surface area contributed by atoms with E-state index in [1.54, 1.807) is 0 Å². The number of rotatable bonds is 2. The number of hydrogen-bond acceptors (Lipinski definition) is 2. The first-order valence-electron chi connectivity index (χ1n) is 4.43. The lowest BCUT2D eigenvalue weighted by Gasteiger charge is -2.27. The van der Waals surface area contributed by atoms with Crippen molar-refractivity contribution >= 4 is 37.5 Å². The molecule has 18 heavy (non-hydrogen) atoms. The molecular formula is C9H7Br2F5N2. The van der Waals surface area contributed by atoms with Gasteiger partial charge in [0.25, 0.3) is 0 Å². The maximum absolute atomic E-state index is 13.1. The summed E-state index contributed by atoms with van der Waals surface area (Å²) < 4.78 is 63.3. The van der Waals surface area contributed by atoms with E-state index in [-0.39, 0.29) is 14.6 Å². The Balaban J connectivity index is 3.31. The van der Waals surface area contributed by atoms with Crippen molar-refractivity contribution < 1.29 is 22.0 Å². The van der Waals surface area contributed by atoms with Crippen molar-refractivity contribution in [3.63, 3.8) is 0 Å². The molecule has 0 aliphatic heterocycles. The highest BCUT2D eigenvalue weighted by Gasteiger charge is 2.62. The number of anilines is 1. The predicted octanol–water partition coefficient (Wildman–Crippen LogP) is 3.99. The number of nitrogen functional groups attached to an aromatic ring is 1. The molecule has 102 valence electrons. The lowest BCUT2D eigenvalue weighted by Crippen LogP contribution is -2.46. The second kappa shape index (κ2) is 4.93. The molecule has 0 radical (unpaired) electrons. The summed E-state index contributed by atoms with van der Waals surface area (Å²) in [6, 6.07) is -0.131. The van der Waals surface area contributed by atoms with Crippen LogP contribution in [0, 0.1) is 0 Å². The number of benzene rings is 1. The molecule has 9 heteroatoms. The number of nitrogens with two attached hydrogens (primary N) is 2. The highest BCUT2D eigenvalue weighted by molar-refractivity contribution is 9.11. The van der Waals surface area contributed by atoms with Gasteiger partial charge < -0.3 is 11.5 Å². The predicted molar refractivity (Wildman–Crippen MR) is 64.2 cm³/mol. The van der Waals surface area contributed by atoms with E-state index in [0.29, 0.717) is 0 Å². The third kappa shape index (κ3) is 2.77. The van der Waals surface area contributed by atoms with Gasteiger partial charge in [-0.15, -0.1) is 0 Å². The van der Waals surface area contributed by atoms with E-state index in [1.807, 2.05) is 0 Å². The number of alkyl halides is 5. The molecular weight excluding hydrogens is 391 g/mol. The van der Waals surface area contributed by atoms with Gasteiger partial charge in [0.15, 0.2) is 0 Å². The number of hydrogen-bond donors (Lipinski definition) is 2. The summed E-state index contributed by atoms with van der Waals surface area (Å²) in [7, 11) is 0. The maximum atomic E-state index is 13.1. The van der Waals surface area contributed by atoms with Crippen LogP contribution in [0.1, 0.15) is 11.6 Å². The lowest BCUT2D eigenvalue weighted by molar-refractivity contribution is -0.290. The van der Waals surface area contributed by atoms with Crippen LogP contribution in [0.25, 0.3) is 0 Å². The minimum absolute atomic E-state index is 0.181. The van der Waals surface area contributed by atoms with Crippen LogP contribution in [-0.4, -0.2) is 12.1 Å². The molecule has 2 nitrogen and oxygen atoms in total. The maximum Gasteiger partial charge on any atom is 0.455 e. The summed E-state index contributed by atoms with van der Waals surface area (Å²) in [5.74, 6) is -5.07. The SMILES string of the molecule is Nc1c(Br)cc(Br)cc1[C@H](N)C(F)(F)C(F)(F)F. The molecule has 1 rings (SSSR count). The fraction of sp³-hybridized carbons (Fsp3) is 0.333. The van der Waals surface area contributed by atoms with Crippen molar-refractivity contribution in [1.29, 1.82) is 0 Å². The van der Waals surface area contributed by atoms with Crippen molar-refractivity contribution in [2.24, 2.45) is 5.73 Å². The van der Waals surface area contributed by atoms with E-state index in [4.69, 9.17) is 11.5 Å². The van der Waals surface area contributed by atoms with Crippen molar-refractivity contribution in [3.8, 4) is 0 Å². The molecule has 4 N–H and O–H groups in total. The lowest BCUT2D eigenvalue weighted by atomic mass is 9.99. The summed E-state index contributed by atoms with van der Waals surface area (Å²) in [6.45, 7) is 0. The van der Waals surface area contributed by atoms with Crippen LogP contribution in [0.3, 0.4) is 0 Å². The van der Waals surface area contributed by atoms with Crippen molar-refractivity contribution in [2.45, 2.75) is 18.1 Å². The first kappa shape index (κ1) is 15.6. The Morgan fingerprint density at radius 3 is 2.00 bits per heavy atom. The zero-order chi connectivity index (χ0) is 14.3. The molecule has 0 fully saturated rings. The average molecular weight is 398 g/mol. The molecule has 0 bridgehead atoms. The van der Waals surface area contributed by atoms with Crippen molar-refractivity contribution in [2.75, 3.05) is 5.73 Å². The summed E-state index contributed by atoms with van der Waals surface area (Å²) in [4.78, 5) is 0. The second-order valence-corrected chi connectivity index (χ2v) is 5.26. The molecule has 1 atom stereocenters. The van der Waals surface area contributed by atoms with Gasteiger partial charge in [-0.1, -0.05) is 15.9 Å². The first-order valence-corrected chi connectivity index (χ1v) is 6.01. The Kier molecular flexibility index (Phi) is 4.29. The van der Waals surface area contributed by atoms with E-state index >= 15 is 0 Å². The average Bonchev–Trinajstić information content (AvgIpc) is 2.20. The molecule has 0 aliphatic rings. The number of halogens is 7. The smallest absolute Gasteiger partial charge is 0.398 e. The van der Waals surface area contributed by atoms with E-state index in [0.717, 1.165) is 6.07 Å². The zero-order valence-electron chi connectivity index (χ0n) is 8.53. The third-order valence-corrected chi connectivity index (χ3v) is 3.34. The topological polar surface area (TPSA) is 52.0 Å². The minimum Gasteiger partial charge on any atom is -0.398 e. The van der Waals surface area contributed by atoms with E-state index in [9.17, 15) is 22.0 Å². The standard InChI is InChI=1S/C9H7Br2F5N2/c10-3-1-4(6(17)5(11)2-3)7(18)8(12,13)9(14,15)16/h1-2,7H,17-18H2/t7-/m0/s1. The van der Waals surface area contributed by atoms with Crippen LogP contribution >= 0.6 is 31.9 Å². The van der Waals surface area contributed by atoms with Crippen LogP contribution in [0.5, 0.6) is 0 Å². The van der Waals surface area contributed by atoms with Gasteiger partial charge in [0, 0.05) is 14.5 Å². The van der Waals surface area contributed by atoms with E-state index in [2.05, 4.69) is 31.9 Å². The van der Waals surface area contributed by atoms with Gasteiger partial charge in [0.2, 0.25) is 0 Å². The molecule has 0 heterocycles. The fourth-order valence-electron chi connectivity index (χ4n) is 1.23. The second-order valence-electron chi connectivity index (χ2n) is 3.49. The van der Waals surface area contributed by atoms with E-state index in [1.165, 1.54) is 6.07 Å². The molecule has 0 aliphatic carbocycles. The summed E-state index contributed by atoms with van der Waals surface area (Å²) in [5, 5.41) is 0. The van der Waals surface area contributed by atoms with Crippen molar-refractivity contribution in [1.82, 2.24) is 0 Å². The Labute approximate surface area is 116 Å². The Morgan fingerprint density at radius 1 is 1.06 bits per heavy atom. The van der Waals surface area contributed by atoms with Gasteiger partial charge in [-0.2, -0.15) is 22.0 Å². The quantitative estimate of drug-likeness (QED) is 0.585. The molecule has 1 aromatic rings. The normalized spacial score (nSPS) is 14.7. The van der Waals surface area contributed by atoms with Gasteiger partial charge in [-0.05, 0) is 28.1 Å². The third-order valence-electron chi connectivity index (χ3n) is 2.23. The van der Waals surface area contributed by atoms with Gasteiger partial charge in [0.05, 0.1) is 5.69 Å². The van der Waals surface area contributed by atoms with E-state index < -0.39 is 23.7 Å². The Morgan fingerprint density at radius 2 is 1.56 bits per heavy atom. The van der Waals surface area contributed by atoms with Crippen LogP contribution < -0.4 is 11.5 Å². The van der Waals surface area contributed by atoms with Crippen LogP contribution in [0.15, 0.2) is 21.1 Å². The summed E-state index contributed by atoms with van der Waals surface area (Å²) in [6.07, 6.45) is -5.74. The van der Waals surface area contributed by atoms with Gasteiger partial charge in [-0.25, -0.2) is 0 Å². The largest absolute Gasteiger partial charge is 0.455 e. The molecule has 0 spiro atoms. The van der Waals surface area contributed by atoms with Crippen LogP contribution in [0.4, 0.5) is 27.6 Å². The fourth-order valence-corrected chi connectivity index (χ4v) is 2.49. The molecule has 0 aromatic heterocycles. The highest BCUT2D eigenvalue weighted by Crippen LogP contribution is 2.45. The monoisotopic (exact) mass is 396 g/mol. The molecule has 0 saturated carbocycles. The molecule has 0 unspecified atom stereocenters. The Hall–Kier alpha value is -0.410. The highest BCUT2D eigenvalue weighted by atomic mass is 79.9. The van der Waals surface area contributed by atoms with Gasteiger partial charge >= 0.3 is 12.1 Å². The van der Waals surface area contributed by atoms with Gasteiger partial charge in [-0.3, -0.25) is 0 Å². The zero-order valence-corrected chi connectivity index (χ0v) is 11.7. The molecule has 0 saturated heterocycles. The molecule has 1 aromatic carbocycles. The summed E-state index contributed by atoms with van der Waals surface area (Å²) in [5.41, 5.74) is 9.71. The van der Waals surface area contributed by atoms with Gasteiger partial charge in [0.1, 0.15) is 6.04 Å². The van der Waals surface area contributed by atoms with Crippen molar-refractivity contribution in [3.05, 3.63) is 26.6 Å². The summed E-state index contributed by atoms with van der Waals surface area (Å²) >= 11 is 5.91. The minimum atomic E-state index is -5.74. The molecule has 0 amide bonds. The first-order chi connectivity index (χ1) is 7.98. The van der Waals surface area contributed by atoms with Crippen LogP contribution in [-0.2, 0) is 0 Å². The Bertz CT molecular complexity index is 461.